The molecule has 2 rings (SSSR count). The maximum absolute atomic E-state index is 11.9. The number of hydrogen-bond donors (Lipinski definition) is 0. The third-order valence-electron chi connectivity index (χ3n) is 3.52. The molecule has 0 saturated heterocycles. The Kier molecular flexibility index (Phi) is 2.83. The van der Waals surface area contributed by atoms with E-state index in [0.717, 1.165) is 36.3 Å². The molecule has 1 aromatic rings. The fourth-order valence-corrected chi connectivity index (χ4v) is 2.96. The predicted octanol–water partition coefficient (Wildman–Crippen LogP) is 3.74. The first kappa shape index (κ1) is 10.7. The highest BCUT2D eigenvalue weighted by molar-refractivity contribution is 6.31. The summed E-state index contributed by atoms with van der Waals surface area (Å²) in [6.07, 6.45) is 4.16. The van der Waals surface area contributed by atoms with E-state index in [1.54, 1.807) is 6.92 Å². The van der Waals surface area contributed by atoms with E-state index in [0.29, 0.717) is 0 Å². The van der Waals surface area contributed by atoms with E-state index in [4.69, 9.17) is 11.6 Å². The fourth-order valence-electron chi connectivity index (χ4n) is 2.64. The van der Waals surface area contributed by atoms with Crippen LogP contribution in [0.2, 0.25) is 5.02 Å². The second-order valence-corrected chi connectivity index (χ2v) is 4.73. The molecule has 1 aromatic carbocycles. The summed E-state index contributed by atoms with van der Waals surface area (Å²) in [6, 6.07) is 7.74. The van der Waals surface area contributed by atoms with Gasteiger partial charge in [-0.3, -0.25) is 4.79 Å². The van der Waals surface area contributed by atoms with Crippen LogP contribution in [-0.4, -0.2) is 5.78 Å². The minimum Gasteiger partial charge on any atom is -0.299 e. The lowest BCUT2D eigenvalue weighted by atomic mass is 9.76. The molecule has 1 nitrogen and oxygen atoms in total. The van der Waals surface area contributed by atoms with Gasteiger partial charge in [0.15, 0.2) is 0 Å². The average Bonchev–Trinajstić information content (AvgIpc) is 2.68. The van der Waals surface area contributed by atoms with Crippen molar-refractivity contribution in [1.29, 1.82) is 0 Å². The van der Waals surface area contributed by atoms with Crippen molar-refractivity contribution in [2.75, 3.05) is 0 Å². The van der Waals surface area contributed by atoms with Crippen LogP contribution in [0.15, 0.2) is 24.3 Å². The topological polar surface area (TPSA) is 17.1 Å². The van der Waals surface area contributed by atoms with E-state index in [1.807, 2.05) is 24.3 Å². The lowest BCUT2D eigenvalue weighted by Crippen LogP contribution is -2.31. The largest absolute Gasteiger partial charge is 0.299 e. The first-order chi connectivity index (χ1) is 7.17. The lowest BCUT2D eigenvalue weighted by Gasteiger charge is -2.27. The van der Waals surface area contributed by atoms with Gasteiger partial charge >= 0.3 is 0 Å². The molecule has 1 aliphatic rings. The van der Waals surface area contributed by atoms with Crippen LogP contribution < -0.4 is 0 Å². The van der Waals surface area contributed by atoms with Crippen molar-refractivity contribution in [1.82, 2.24) is 0 Å². The van der Waals surface area contributed by atoms with Crippen molar-refractivity contribution in [3.63, 3.8) is 0 Å². The molecular weight excluding hydrogens is 208 g/mol. The SMILES string of the molecule is CC(=O)C1(c2ccccc2Cl)CCCC1. The summed E-state index contributed by atoms with van der Waals surface area (Å²) < 4.78 is 0. The minimum absolute atomic E-state index is 0.258. The van der Waals surface area contributed by atoms with Crippen LogP contribution in [0.5, 0.6) is 0 Å². The monoisotopic (exact) mass is 222 g/mol. The number of carbonyl (C=O) groups is 1. The van der Waals surface area contributed by atoms with Crippen molar-refractivity contribution < 1.29 is 4.79 Å². The molecule has 0 aromatic heterocycles. The zero-order valence-corrected chi connectivity index (χ0v) is 9.68. The van der Waals surface area contributed by atoms with Crippen molar-refractivity contribution in [3.8, 4) is 0 Å². The van der Waals surface area contributed by atoms with Gasteiger partial charge in [0.2, 0.25) is 0 Å². The number of benzene rings is 1. The van der Waals surface area contributed by atoms with Gasteiger partial charge in [0.05, 0.1) is 5.41 Å². The van der Waals surface area contributed by atoms with Gasteiger partial charge in [-0.05, 0) is 31.4 Å². The van der Waals surface area contributed by atoms with Gasteiger partial charge in [0.25, 0.3) is 0 Å². The highest BCUT2D eigenvalue weighted by Gasteiger charge is 2.41. The third kappa shape index (κ3) is 1.69. The van der Waals surface area contributed by atoms with Gasteiger partial charge in [-0.15, -0.1) is 0 Å². The number of rotatable bonds is 2. The number of hydrogen-bond acceptors (Lipinski definition) is 1. The molecule has 0 radical (unpaired) electrons. The Morgan fingerprint density at radius 1 is 1.27 bits per heavy atom. The molecule has 80 valence electrons. The Hall–Kier alpha value is -0.820. The van der Waals surface area contributed by atoms with Crippen LogP contribution in [0.1, 0.15) is 38.2 Å². The summed E-state index contributed by atoms with van der Waals surface area (Å²) in [7, 11) is 0. The third-order valence-corrected chi connectivity index (χ3v) is 3.85. The van der Waals surface area contributed by atoms with Crippen molar-refractivity contribution in [2.45, 2.75) is 38.0 Å². The van der Waals surface area contributed by atoms with Gasteiger partial charge in [0.1, 0.15) is 5.78 Å². The van der Waals surface area contributed by atoms with Crippen LogP contribution in [0.25, 0.3) is 0 Å². The van der Waals surface area contributed by atoms with Crippen molar-refractivity contribution >= 4 is 17.4 Å². The van der Waals surface area contributed by atoms with Crippen LogP contribution in [0.3, 0.4) is 0 Å². The average molecular weight is 223 g/mol. The molecular formula is C13H15ClO. The molecule has 1 fully saturated rings. The maximum atomic E-state index is 11.9. The quantitative estimate of drug-likeness (QED) is 0.745. The second-order valence-electron chi connectivity index (χ2n) is 4.33. The predicted molar refractivity (Wildman–Crippen MR) is 62.3 cm³/mol. The number of ketones is 1. The number of halogens is 1. The van der Waals surface area contributed by atoms with Crippen LogP contribution in [0.4, 0.5) is 0 Å². The molecule has 1 saturated carbocycles. The molecule has 0 atom stereocenters. The molecule has 15 heavy (non-hydrogen) atoms. The zero-order chi connectivity index (χ0) is 10.9. The van der Waals surface area contributed by atoms with Gasteiger partial charge in [0, 0.05) is 5.02 Å². The normalized spacial score (nSPS) is 19.1. The molecule has 2 heteroatoms. The van der Waals surface area contributed by atoms with E-state index in [-0.39, 0.29) is 11.2 Å². The Bertz CT molecular complexity index is 378. The second kappa shape index (κ2) is 3.97. The first-order valence-corrected chi connectivity index (χ1v) is 5.81. The molecule has 0 aliphatic heterocycles. The molecule has 0 N–H and O–H groups in total. The van der Waals surface area contributed by atoms with Gasteiger partial charge in [-0.25, -0.2) is 0 Å². The first-order valence-electron chi connectivity index (χ1n) is 5.43. The van der Waals surface area contributed by atoms with Crippen LogP contribution in [0, 0.1) is 0 Å². The highest BCUT2D eigenvalue weighted by atomic mass is 35.5. The number of carbonyl (C=O) groups excluding carboxylic acids is 1. The lowest BCUT2D eigenvalue weighted by molar-refractivity contribution is -0.122. The Morgan fingerprint density at radius 3 is 2.40 bits per heavy atom. The Balaban J connectivity index is 2.50. The molecule has 0 amide bonds. The summed E-state index contributed by atoms with van der Waals surface area (Å²) in [5.74, 6) is 0.258. The smallest absolute Gasteiger partial charge is 0.140 e. The standard InChI is InChI=1S/C13H15ClO/c1-10(15)13(8-4-5-9-13)11-6-2-3-7-12(11)14/h2-3,6-7H,4-5,8-9H2,1H3. The fraction of sp³-hybridized carbons (Fsp3) is 0.462. The molecule has 0 unspecified atom stereocenters. The highest BCUT2D eigenvalue weighted by Crippen LogP contribution is 2.44. The summed E-state index contributed by atoms with van der Waals surface area (Å²) in [5, 5.41) is 0.731. The Labute approximate surface area is 95.4 Å². The van der Waals surface area contributed by atoms with E-state index in [1.165, 1.54) is 0 Å². The molecule has 0 spiro atoms. The summed E-state index contributed by atoms with van der Waals surface area (Å²) in [6.45, 7) is 1.69. The minimum atomic E-state index is -0.293. The molecule has 0 bridgehead atoms. The molecule has 1 aliphatic carbocycles. The van der Waals surface area contributed by atoms with E-state index in [9.17, 15) is 4.79 Å². The van der Waals surface area contributed by atoms with E-state index >= 15 is 0 Å². The summed E-state index contributed by atoms with van der Waals surface area (Å²) >= 11 is 6.19. The van der Waals surface area contributed by atoms with Crippen molar-refractivity contribution in [2.24, 2.45) is 0 Å². The van der Waals surface area contributed by atoms with Gasteiger partial charge in [-0.1, -0.05) is 42.6 Å². The maximum Gasteiger partial charge on any atom is 0.140 e. The molecule has 0 heterocycles. The van der Waals surface area contributed by atoms with Crippen LogP contribution >= 0.6 is 11.6 Å². The number of Topliss-reactive ketones (excluding diaryl/α,β-unsaturated/α-hetero) is 1. The van der Waals surface area contributed by atoms with Gasteiger partial charge < -0.3 is 0 Å². The zero-order valence-electron chi connectivity index (χ0n) is 8.92. The summed E-state index contributed by atoms with van der Waals surface area (Å²) in [4.78, 5) is 11.9. The van der Waals surface area contributed by atoms with Gasteiger partial charge in [-0.2, -0.15) is 0 Å². The summed E-state index contributed by atoms with van der Waals surface area (Å²) in [5.41, 5.74) is 0.731. The van der Waals surface area contributed by atoms with E-state index < -0.39 is 0 Å². The van der Waals surface area contributed by atoms with E-state index in [2.05, 4.69) is 0 Å². The van der Waals surface area contributed by atoms with Crippen LogP contribution in [-0.2, 0) is 10.2 Å². The van der Waals surface area contributed by atoms with Crippen molar-refractivity contribution in [3.05, 3.63) is 34.9 Å². The Morgan fingerprint density at radius 2 is 1.87 bits per heavy atom.